The monoisotopic (exact) mass is 295 g/mol. The highest BCUT2D eigenvalue weighted by Gasteiger charge is 2.12. The van der Waals surface area contributed by atoms with E-state index in [9.17, 15) is 5.26 Å². The molecule has 1 aromatic rings. The Kier molecular flexibility index (Phi) is 5.31. The van der Waals surface area contributed by atoms with E-state index >= 15 is 0 Å². The van der Waals surface area contributed by atoms with Gasteiger partial charge < -0.3 is 10.6 Å². The van der Waals surface area contributed by atoms with Gasteiger partial charge in [0, 0.05) is 17.9 Å². The molecule has 0 radical (unpaired) electrons. The van der Waals surface area contributed by atoms with Gasteiger partial charge >= 0.3 is 0 Å². The average Bonchev–Trinajstić information content (AvgIpc) is 2.48. The summed E-state index contributed by atoms with van der Waals surface area (Å²) in [5.74, 6) is 0.569. The van der Waals surface area contributed by atoms with Crippen LogP contribution in [-0.2, 0) is 0 Å². The predicted molar refractivity (Wildman–Crippen MR) is 88.7 cm³/mol. The molecule has 0 spiro atoms. The molecular formula is C17H21N5. The number of hydrogen-bond donors (Lipinski definition) is 2. The first kappa shape index (κ1) is 15.8. The van der Waals surface area contributed by atoms with Crippen molar-refractivity contribution >= 4 is 11.5 Å². The van der Waals surface area contributed by atoms with Gasteiger partial charge in [0.25, 0.3) is 0 Å². The lowest BCUT2D eigenvalue weighted by Crippen LogP contribution is -2.17. The fourth-order valence-corrected chi connectivity index (χ4v) is 2.29. The van der Waals surface area contributed by atoms with E-state index in [0.29, 0.717) is 23.3 Å². The topological polar surface area (TPSA) is 73.6 Å². The van der Waals surface area contributed by atoms with E-state index in [1.54, 1.807) is 6.20 Å². The lowest BCUT2D eigenvalue weighted by molar-refractivity contribution is 0.683. The second-order valence-corrected chi connectivity index (χ2v) is 5.32. The minimum atomic E-state index is 0.300. The molecule has 2 rings (SSSR count). The number of aryl methyl sites for hydroxylation is 1. The van der Waals surface area contributed by atoms with Gasteiger partial charge in [-0.25, -0.2) is 9.97 Å². The van der Waals surface area contributed by atoms with E-state index in [1.165, 1.54) is 0 Å². The minimum Gasteiger partial charge on any atom is -0.361 e. The van der Waals surface area contributed by atoms with Crippen LogP contribution in [0.25, 0.3) is 5.57 Å². The summed E-state index contributed by atoms with van der Waals surface area (Å²) in [4.78, 5) is 8.91. The van der Waals surface area contributed by atoms with Crippen molar-refractivity contribution in [1.29, 1.82) is 5.26 Å². The number of nitrogens with one attached hydrogen (secondary N) is 2. The molecule has 1 atom stereocenters. The fourth-order valence-electron chi connectivity index (χ4n) is 2.29. The number of nitrogens with zero attached hydrogens (tertiary/aromatic N) is 3. The summed E-state index contributed by atoms with van der Waals surface area (Å²) in [6, 6.07) is 4.36. The molecule has 1 aliphatic rings. The molecule has 0 fully saturated rings. The van der Waals surface area contributed by atoms with Gasteiger partial charge in [-0.3, -0.25) is 0 Å². The predicted octanol–water partition coefficient (Wildman–Crippen LogP) is 3.29. The van der Waals surface area contributed by atoms with E-state index in [2.05, 4.69) is 40.5 Å². The number of nitriles is 1. The zero-order chi connectivity index (χ0) is 15.9. The molecule has 0 aliphatic carbocycles. The van der Waals surface area contributed by atoms with E-state index in [0.717, 1.165) is 24.2 Å². The highest BCUT2D eigenvalue weighted by atomic mass is 15.1. The molecule has 5 nitrogen and oxygen atoms in total. The third-order valence-electron chi connectivity index (χ3n) is 3.30. The Labute approximate surface area is 131 Å². The lowest BCUT2D eigenvalue weighted by atomic mass is 10.1. The number of hydrogen-bond acceptors (Lipinski definition) is 5. The molecule has 2 N–H and O–H groups in total. The van der Waals surface area contributed by atoms with Gasteiger partial charge in [0.1, 0.15) is 11.6 Å². The first-order valence-electron chi connectivity index (χ1n) is 7.50. The van der Waals surface area contributed by atoms with Crippen molar-refractivity contribution in [3.05, 3.63) is 47.6 Å². The summed E-state index contributed by atoms with van der Waals surface area (Å²) in [5, 5.41) is 15.9. The maximum absolute atomic E-state index is 9.49. The zero-order valence-electron chi connectivity index (χ0n) is 13.2. The zero-order valence-corrected chi connectivity index (χ0v) is 13.2. The minimum absolute atomic E-state index is 0.300. The molecule has 5 heteroatoms. The number of dihydropyridines is 1. The second kappa shape index (κ2) is 7.41. The van der Waals surface area contributed by atoms with Crippen LogP contribution in [-0.4, -0.2) is 16.0 Å². The normalized spacial score (nSPS) is 16.6. The number of anilines is 1. The van der Waals surface area contributed by atoms with Gasteiger partial charge in [0.2, 0.25) is 5.95 Å². The SMILES string of the molecule is CCCC(C)Nc1nc(C)cc(/C(C#N)=C2/C=CC=CN2)n1. The first-order chi connectivity index (χ1) is 10.6. The maximum Gasteiger partial charge on any atom is 0.223 e. The molecule has 2 heterocycles. The van der Waals surface area contributed by atoms with Crippen LogP contribution in [0.5, 0.6) is 0 Å². The molecule has 1 aliphatic heterocycles. The molecule has 0 saturated carbocycles. The van der Waals surface area contributed by atoms with Gasteiger partial charge in [-0.05, 0) is 38.5 Å². The van der Waals surface area contributed by atoms with Crippen LogP contribution in [0.2, 0.25) is 0 Å². The maximum atomic E-state index is 9.49. The standard InChI is InChI=1S/C17H21N5/c1-4-7-12(2)20-17-21-13(3)10-16(22-17)14(11-18)15-8-5-6-9-19-15/h5-6,8-10,12,19H,4,7H2,1-3H3,(H,20,21,22)/b15-14-. The van der Waals surface area contributed by atoms with Crippen molar-refractivity contribution in [2.24, 2.45) is 0 Å². The van der Waals surface area contributed by atoms with Gasteiger partial charge in [0.15, 0.2) is 0 Å². The fraction of sp³-hybridized carbons (Fsp3) is 0.353. The number of allylic oxidation sites excluding steroid dienone is 4. The molecule has 114 valence electrons. The molecule has 0 bridgehead atoms. The van der Waals surface area contributed by atoms with Crippen molar-refractivity contribution < 1.29 is 0 Å². The Morgan fingerprint density at radius 3 is 2.86 bits per heavy atom. The van der Waals surface area contributed by atoms with Crippen LogP contribution >= 0.6 is 0 Å². The van der Waals surface area contributed by atoms with Crippen molar-refractivity contribution in [3.8, 4) is 6.07 Å². The van der Waals surface area contributed by atoms with Crippen LogP contribution in [0.3, 0.4) is 0 Å². The Morgan fingerprint density at radius 2 is 2.23 bits per heavy atom. The number of aromatic nitrogens is 2. The van der Waals surface area contributed by atoms with Crippen molar-refractivity contribution in [1.82, 2.24) is 15.3 Å². The van der Waals surface area contributed by atoms with Crippen molar-refractivity contribution in [2.75, 3.05) is 5.32 Å². The van der Waals surface area contributed by atoms with E-state index < -0.39 is 0 Å². The largest absolute Gasteiger partial charge is 0.361 e. The third kappa shape index (κ3) is 3.95. The molecule has 0 aromatic carbocycles. The van der Waals surface area contributed by atoms with Crippen LogP contribution < -0.4 is 10.6 Å². The van der Waals surface area contributed by atoms with Gasteiger partial charge in [-0.1, -0.05) is 19.4 Å². The molecule has 22 heavy (non-hydrogen) atoms. The van der Waals surface area contributed by atoms with Gasteiger partial charge in [-0.15, -0.1) is 0 Å². The Morgan fingerprint density at radius 1 is 1.41 bits per heavy atom. The van der Waals surface area contributed by atoms with Gasteiger partial charge in [-0.2, -0.15) is 5.26 Å². The quantitative estimate of drug-likeness (QED) is 0.815. The van der Waals surface area contributed by atoms with Crippen molar-refractivity contribution in [3.63, 3.8) is 0 Å². The summed E-state index contributed by atoms with van der Waals surface area (Å²) >= 11 is 0. The third-order valence-corrected chi connectivity index (χ3v) is 3.30. The van der Waals surface area contributed by atoms with Crippen molar-refractivity contribution in [2.45, 2.75) is 39.7 Å². The van der Waals surface area contributed by atoms with Crippen LogP contribution in [0.4, 0.5) is 5.95 Å². The van der Waals surface area contributed by atoms with E-state index in [4.69, 9.17) is 0 Å². The van der Waals surface area contributed by atoms with Crippen LogP contribution in [0.1, 0.15) is 38.1 Å². The number of rotatable bonds is 5. The molecule has 0 saturated heterocycles. The summed E-state index contributed by atoms with van der Waals surface area (Å²) in [7, 11) is 0. The average molecular weight is 295 g/mol. The lowest BCUT2D eigenvalue weighted by Gasteiger charge is -2.14. The molecule has 0 amide bonds. The summed E-state index contributed by atoms with van der Waals surface area (Å²) in [6.07, 6.45) is 9.57. The van der Waals surface area contributed by atoms with Crippen LogP contribution in [0.15, 0.2) is 36.2 Å². The second-order valence-electron chi connectivity index (χ2n) is 5.32. The molecule has 1 aromatic heterocycles. The van der Waals surface area contributed by atoms with E-state index in [-0.39, 0.29) is 0 Å². The van der Waals surface area contributed by atoms with Gasteiger partial charge in [0.05, 0.1) is 11.4 Å². The highest BCUT2D eigenvalue weighted by Crippen LogP contribution is 2.19. The van der Waals surface area contributed by atoms with Crippen LogP contribution in [0, 0.1) is 18.3 Å². The summed E-state index contributed by atoms with van der Waals surface area (Å²) in [5.41, 5.74) is 2.72. The highest BCUT2D eigenvalue weighted by molar-refractivity contribution is 5.79. The summed E-state index contributed by atoms with van der Waals surface area (Å²) in [6.45, 7) is 6.16. The first-order valence-corrected chi connectivity index (χ1v) is 7.50. The van der Waals surface area contributed by atoms with E-state index in [1.807, 2.05) is 31.2 Å². The Bertz CT molecular complexity index is 664. The summed E-state index contributed by atoms with van der Waals surface area (Å²) < 4.78 is 0. The molecular weight excluding hydrogens is 274 g/mol. The Balaban J connectivity index is 2.35. The Hall–Kier alpha value is -2.61. The smallest absolute Gasteiger partial charge is 0.223 e. The molecule has 1 unspecified atom stereocenters.